The highest BCUT2D eigenvalue weighted by Gasteiger charge is 2.28. The van der Waals surface area contributed by atoms with Gasteiger partial charge in [-0.1, -0.05) is 25.1 Å². The molecule has 0 unspecified atom stereocenters. The average Bonchev–Trinajstić information content (AvgIpc) is 3.26. The van der Waals surface area contributed by atoms with Crippen molar-refractivity contribution in [1.29, 1.82) is 0 Å². The third-order valence-electron chi connectivity index (χ3n) is 5.31. The Bertz CT molecular complexity index is 897. The molecule has 2 aromatic carbocycles. The molecular weight excluding hydrogens is 396 g/mol. The minimum atomic E-state index is -0.522. The summed E-state index contributed by atoms with van der Waals surface area (Å²) >= 11 is 0. The van der Waals surface area contributed by atoms with Gasteiger partial charge in [-0.3, -0.25) is 9.59 Å². The first-order chi connectivity index (χ1) is 15.0. The molecule has 0 fully saturated rings. The van der Waals surface area contributed by atoms with Gasteiger partial charge in [-0.2, -0.15) is 0 Å². The molecule has 7 nitrogen and oxygen atoms in total. The summed E-state index contributed by atoms with van der Waals surface area (Å²) in [6.45, 7) is 4.90. The molecule has 1 heterocycles. The molecule has 3 rings (SSSR count). The zero-order valence-electron chi connectivity index (χ0n) is 18.3. The molecule has 166 valence electrons. The molecule has 2 amide bonds. The van der Waals surface area contributed by atoms with E-state index in [0.29, 0.717) is 38.1 Å². The number of carbonyl (C=O) groups excluding carboxylic acids is 2. The quantitative estimate of drug-likeness (QED) is 0.631. The molecule has 1 aliphatic heterocycles. The Morgan fingerprint density at radius 3 is 2.45 bits per heavy atom. The molecule has 7 heteroatoms. The second-order valence-electron chi connectivity index (χ2n) is 7.38. The van der Waals surface area contributed by atoms with Gasteiger partial charge in [0.15, 0.2) is 11.5 Å². The number of benzene rings is 2. The summed E-state index contributed by atoms with van der Waals surface area (Å²) in [6, 6.07) is 12.7. The number of rotatable bonds is 10. The van der Waals surface area contributed by atoms with E-state index in [1.165, 1.54) is 0 Å². The van der Waals surface area contributed by atoms with Crippen molar-refractivity contribution < 1.29 is 23.8 Å². The van der Waals surface area contributed by atoms with Crippen molar-refractivity contribution in [2.24, 2.45) is 0 Å². The van der Waals surface area contributed by atoms with Gasteiger partial charge < -0.3 is 24.4 Å². The molecule has 2 aromatic rings. The summed E-state index contributed by atoms with van der Waals surface area (Å²) in [7, 11) is 1.61. The van der Waals surface area contributed by atoms with Crippen LogP contribution < -0.4 is 19.5 Å². The Kier molecular flexibility index (Phi) is 7.76. The number of aryl methyl sites for hydroxylation is 1. The lowest BCUT2D eigenvalue weighted by Gasteiger charge is -2.30. The highest BCUT2D eigenvalue weighted by Crippen LogP contribution is 2.32. The van der Waals surface area contributed by atoms with E-state index in [2.05, 4.69) is 5.32 Å². The van der Waals surface area contributed by atoms with Gasteiger partial charge in [0.2, 0.25) is 18.6 Å². The van der Waals surface area contributed by atoms with Crippen molar-refractivity contribution in [2.75, 3.05) is 20.4 Å². The third kappa shape index (κ3) is 5.69. The summed E-state index contributed by atoms with van der Waals surface area (Å²) in [5.41, 5.74) is 1.94. The lowest BCUT2D eigenvalue weighted by atomic mass is 10.1. The van der Waals surface area contributed by atoms with Crippen LogP contribution in [0.3, 0.4) is 0 Å². The number of methoxy groups -OCH3 is 1. The maximum Gasteiger partial charge on any atom is 0.242 e. The topological polar surface area (TPSA) is 77.1 Å². The van der Waals surface area contributed by atoms with Gasteiger partial charge in [-0.05, 0) is 55.2 Å². The number of nitrogens with one attached hydrogen (secondary N) is 1. The first-order valence-corrected chi connectivity index (χ1v) is 10.6. The van der Waals surface area contributed by atoms with E-state index in [1.807, 2.05) is 56.3 Å². The molecule has 0 bridgehead atoms. The van der Waals surface area contributed by atoms with E-state index in [4.69, 9.17) is 14.2 Å². The molecule has 1 N–H and O–H groups in total. The van der Waals surface area contributed by atoms with Crippen molar-refractivity contribution in [3.8, 4) is 17.2 Å². The van der Waals surface area contributed by atoms with Gasteiger partial charge in [0.05, 0.1) is 7.11 Å². The summed E-state index contributed by atoms with van der Waals surface area (Å²) < 4.78 is 16.0. The highest BCUT2D eigenvalue weighted by molar-refractivity contribution is 5.87. The van der Waals surface area contributed by atoms with Crippen molar-refractivity contribution in [3.05, 3.63) is 53.6 Å². The molecule has 0 radical (unpaired) electrons. The molecule has 1 atom stereocenters. The van der Waals surface area contributed by atoms with Crippen LogP contribution in [0.15, 0.2) is 42.5 Å². The van der Waals surface area contributed by atoms with Crippen LogP contribution >= 0.6 is 0 Å². The van der Waals surface area contributed by atoms with Crippen LogP contribution in [0.25, 0.3) is 0 Å². The highest BCUT2D eigenvalue weighted by atomic mass is 16.7. The molecule has 1 aliphatic rings. The monoisotopic (exact) mass is 426 g/mol. The van der Waals surface area contributed by atoms with Gasteiger partial charge >= 0.3 is 0 Å². The van der Waals surface area contributed by atoms with E-state index < -0.39 is 6.04 Å². The van der Waals surface area contributed by atoms with E-state index in [9.17, 15) is 9.59 Å². The van der Waals surface area contributed by atoms with Gasteiger partial charge in [-0.25, -0.2) is 0 Å². The van der Waals surface area contributed by atoms with Gasteiger partial charge in [0, 0.05) is 19.5 Å². The minimum absolute atomic E-state index is 0.0633. The van der Waals surface area contributed by atoms with Crippen molar-refractivity contribution >= 4 is 11.8 Å². The Hall–Kier alpha value is -3.22. The lowest BCUT2D eigenvalue weighted by molar-refractivity contribution is -0.141. The van der Waals surface area contributed by atoms with Crippen molar-refractivity contribution in [2.45, 2.75) is 45.7 Å². The fourth-order valence-corrected chi connectivity index (χ4v) is 3.63. The molecule has 0 spiro atoms. The zero-order valence-corrected chi connectivity index (χ0v) is 18.3. The third-order valence-corrected chi connectivity index (χ3v) is 5.31. The normalized spacial score (nSPS) is 12.9. The molecule has 0 aliphatic carbocycles. The Morgan fingerprint density at radius 1 is 1.06 bits per heavy atom. The molecule has 0 saturated heterocycles. The summed E-state index contributed by atoms with van der Waals surface area (Å²) in [5.74, 6) is 1.98. The average molecular weight is 427 g/mol. The Balaban J connectivity index is 1.74. The van der Waals surface area contributed by atoms with Gasteiger partial charge in [-0.15, -0.1) is 0 Å². The van der Waals surface area contributed by atoms with Crippen molar-refractivity contribution in [1.82, 2.24) is 10.2 Å². The number of hydrogen-bond donors (Lipinski definition) is 1. The molecule has 31 heavy (non-hydrogen) atoms. The second kappa shape index (κ2) is 10.7. The van der Waals surface area contributed by atoms with Crippen LogP contribution in [0.2, 0.25) is 0 Å². The molecular formula is C24H30N2O5. The van der Waals surface area contributed by atoms with Crippen LogP contribution in [0, 0.1) is 0 Å². The lowest BCUT2D eigenvalue weighted by Crippen LogP contribution is -2.49. The predicted molar refractivity (Wildman–Crippen MR) is 117 cm³/mol. The van der Waals surface area contributed by atoms with Crippen LogP contribution in [-0.4, -0.2) is 43.2 Å². The number of fused-ring (bicyclic) bond motifs is 1. The number of carbonyl (C=O) groups is 2. The largest absolute Gasteiger partial charge is 0.497 e. The van der Waals surface area contributed by atoms with Crippen LogP contribution in [0.1, 0.15) is 37.8 Å². The predicted octanol–water partition coefficient (Wildman–Crippen LogP) is 3.30. The van der Waals surface area contributed by atoms with E-state index in [-0.39, 0.29) is 18.6 Å². The fraction of sp³-hybridized carbons (Fsp3) is 0.417. The fourth-order valence-electron chi connectivity index (χ4n) is 3.63. The number of hydrogen-bond acceptors (Lipinski definition) is 5. The SMILES string of the molecule is CCNC(=O)[C@@H](CC)N(Cc1ccc(OC)cc1)C(=O)CCc1ccc2c(c1)OCO2. The van der Waals surface area contributed by atoms with Crippen LogP contribution in [0.5, 0.6) is 17.2 Å². The van der Waals surface area contributed by atoms with E-state index in [1.54, 1.807) is 12.0 Å². The Morgan fingerprint density at radius 2 is 1.77 bits per heavy atom. The number of likely N-dealkylation sites (N-methyl/N-ethyl adjacent to an activating group) is 1. The molecule has 0 aromatic heterocycles. The van der Waals surface area contributed by atoms with Crippen LogP contribution in [0.4, 0.5) is 0 Å². The van der Waals surface area contributed by atoms with E-state index in [0.717, 1.165) is 22.6 Å². The first kappa shape index (κ1) is 22.5. The smallest absolute Gasteiger partial charge is 0.242 e. The number of amides is 2. The number of ether oxygens (including phenoxy) is 3. The minimum Gasteiger partial charge on any atom is -0.497 e. The summed E-state index contributed by atoms with van der Waals surface area (Å²) in [5, 5.41) is 2.85. The van der Waals surface area contributed by atoms with Crippen LogP contribution in [-0.2, 0) is 22.6 Å². The summed E-state index contributed by atoms with van der Waals surface area (Å²) in [6.07, 6.45) is 1.39. The maximum atomic E-state index is 13.3. The van der Waals surface area contributed by atoms with Crippen molar-refractivity contribution in [3.63, 3.8) is 0 Å². The first-order valence-electron chi connectivity index (χ1n) is 10.6. The van der Waals surface area contributed by atoms with Gasteiger partial charge in [0.25, 0.3) is 0 Å². The van der Waals surface area contributed by atoms with E-state index >= 15 is 0 Å². The molecule has 0 saturated carbocycles. The number of nitrogens with zero attached hydrogens (tertiary/aromatic N) is 1. The second-order valence-corrected chi connectivity index (χ2v) is 7.38. The summed E-state index contributed by atoms with van der Waals surface area (Å²) in [4.78, 5) is 27.6. The maximum absolute atomic E-state index is 13.3. The zero-order chi connectivity index (χ0) is 22.2. The Labute approximate surface area is 183 Å². The standard InChI is InChI=1S/C24H30N2O5/c1-4-20(24(28)25-5-2)26(15-18-6-10-19(29-3)11-7-18)23(27)13-9-17-8-12-21-22(14-17)31-16-30-21/h6-8,10-12,14,20H,4-5,9,13,15-16H2,1-3H3,(H,25,28)/t20-/m1/s1. The van der Waals surface area contributed by atoms with Gasteiger partial charge in [0.1, 0.15) is 11.8 Å².